The lowest BCUT2D eigenvalue weighted by molar-refractivity contribution is -0.154. The Morgan fingerprint density at radius 2 is 2.21 bits per heavy atom. The molecule has 1 unspecified atom stereocenters. The van der Waals surface area contributed by atoms with E-state index < -0.39 is 24.5 Å². The monoisotopic (exact) mass is 209 g/mol. The molecule has 0 aliphatic carbocycles. The number of amidine groups is 1. The van der Waals surface area contributed by atoms with Gasteiger partial charge in [0, 0.05) is 6.54 Å². The van der Waals surface area contributed by atoms with Gasteiger partial charge >= 0.3 is 6.18 Å². The normalized spacial score (nSPS) is 14.9. The van der Waals surface area contributed by atoms with Gasteiger partial charge in [-0.3, -0.25) is 0 Å². The van der Waals surface area contributed by atoms with Gasteiger partial charge in [-0.15, -0.1) is 6.42 Å². The summed E-state index contributed by atoms with van der Waals surface area (Å²) in [7, 11) is 0. The predicted octanol–water partition coefficient (Wildman–Crippen LogP) is 0.134. The maximum Gasteiger partial charge on any atom is 0.400 e. The third-order valence-electron chi connectivity index (χ3n) is 1.44. The van der Waals surface area contributed by atoms with Gasteiger partial charge in [0.15, 0.2) is 5.84 Å². The Morgan fingerprint density at radius 3 is 2.57 bits per heavy atom. The molecule has 80 valence electrons. The first kappa shape index (κ1) is 12.6. The smallest absolute Gasteiger partial charge is 0.400 e. The number of hydrogen-bond acceptors (Lipinski definition) is 3. The van der Waals surface area contributed by atoms with Crippen molar-refractivity contribution in [3.05, 3.63) is 0 Å². The zero-order chi connectivity index (χ0) is 11.2. The van der Waals surface area contributed by atoms with Crippen molar-refractivity contribution in [1.29, 1.82) is 0 Å². The van der Waals surface area contributed by atoms with Crippen LogP contribution in [0.3, 0.4) is 0 Å². The van der Waals surface area contributed by atoms with Crippen molar-refractivity contribution in [1.82, 2.24) is 5.32 Å². The van der Waals surface area contributed by atoms with Gasteiger partial charge in [0.05, 0.1) is 6.54 Å². The Morgan fingerprint density at radius 1 is 1.64 bits per heavy atom. The molecular formula is C7H10F3N3O. The molecule has 0 fully saturated rings. The van der Waals surface area contributed by atoms with Gasteiger partial charge in [-0.25, -0.2) is 0 Å². The fourth-order valence-corrected chi connectivity index (χ4v) is 0.746. The third-order valence-corrected chi connectivity index (χ3v) is 1.44. The summed E-state index contributed by atoms with van der Waals surface area (Å²) in [6.07, 6.45) is 0.270. The van der Waals surface area contributed by atoms with E-state index in [0.29, 0.717) is 0 Å². The second-order valence-electron chi connectivity index (χ2n) is 2.45. The van der Waals surface area contributed by atoms with E-state index in [1.165, 1.54) is 0 Å². The highest BCUT2D eigenvalue weighted by Crippen LogP contribution is 2.25. The van der Waals surface area contributed by atoms with Crippen LogP contribution in [-0.4, -0.2) is 30.3 Å². The van der Waals surface area contributed by atoms with Crippen LogP contribution in [0, 0.1) is 18.3 Å². The largest absolute Gasteiger partial charge is 0.409 e. The number of oxime groups is 1. The predicted molar refractivity (Wildman–Crippen MR) is 44.7 cm³/mol. The maximum atomic E-state index is 12.2. The van der Waals surface area contributed by atoms with Crippen molar-refractivity contribution in [3.8, 4) is 12.3 Å². The molecule has 0 rings (SSSR count). The van der Waals surface area contributed by atoms with Crippen LogP contribution in [0.25, 0.3) is 0 Å². The minimum Gasteiger partial charge on any atom is -0.409 e. The van der Waals surface area contributed by atoms with E-state index in [2.05, 4.69) is 16.4 Å². The van der Waals surface area contributed by atoms with E-state index in [1.807, 2.05) is 0 Å². The van der Waals surface area contributed by atoms with E-state index in [9.17, 15) is 13.2 Å². The highest BCUT2D eigenvalue weighted by molar-refractivity contribution is 5.83. The molecule has 7 heteroatoms. The summed E-state index contributed by atoms with van der Waals surface area (Å²) in [4.78, 5) is 0. The van der Waals surface area contributed by atoms with E-state index in [1.54, 1.807) is 0 Å². The average Bonchev–Trinajstić information content (AvgIpc) is 2.09. The van der Waals surface area contributed by atoms with Crippen LogP contribution in [-0.2, 0) is 0 Å². The molecule has 0 heterocycles. The number of nitrogens with zero attached hydrogens (tertiary/aromatic N) is 1. The summed E-state index contributed by atoms with van der Waals surface area (Å²) >= 11 is 0. The zero-order valence-corrected chi connectivity index (χ0v) is 7.17. The zero-order valence-electron chi connectivity index (χ0n) is 7.17. The number of rotatable bonds is 4. The number of halogens is 3. The molecular weight excluding hydrogens is 199 g/mol. The number of nitrogens with two attached hydrogens (primary N) is 1. The molecule has 0 aromatic heterocycles. The second-order valence-corrected chi connectivity index (χ2v) is 2.45. The van der Waals surface area contributed by atoms with Crippen molar-refractivity contribution < 1.29 is 18.4 Å². The molecule has 4 nitrogen and oxygen atoms in total. The molecule has 0 spiro atoms. The fourth-order valence-electron chi connectivity index (χ4n) is 0.746. The molecule has 0 aliphatic heterocycles. The molecule has 4 N–H and O–H groups in total. The standard InChI is InChI=1S/C7H10F3N3O/c1-2-3-12-4-5(6(11)13-14)7(8,9)10/h1,5,12,14H,3-4H2,(H2,11,13). The number of alkyl halides is 3. The highest BCUT2D eigenvalue weighted by Gasteiger charge is 2.42. The molecule has 0 saturated carbocycles. The minimum atomic E-state index is -4.56. The topological polar surface area (TPSA) is 70.6 Å². The average molecular weight is 209 g/mol. The Hall–Kier alpha value is -1.42. The lowest BCUT2D eigenvalue weighted by Crippen LogP contribution is -2.42. The van der Waals surface area contributed by atoms with Gasteiger partial charge < -0.3 is 16.3 Å². The molecule has 0 aromatic carbocycles. The van der Waals surface area contributed by atoms with Crippen molar-refractivity contribution in [2.45, 2.75) is 6.18 Å². The number of terminal acetylenes is 1. The van der Waals surface area contributed by atoms with Crippen LogP contribution in [0.1, 0.15) is 0 Å². The highest BCUT2D eigenvalue weighted by atomic mass is 19.4. The van der Waals surface area contributed by atoms with Gasteiger partial charge in [-0.05, 0) is 0 Å². The van der Waals surface area contributed by atoms with Crippen molar-refractivity contribution >= 4 is 5.84 Å². The first-order valence-electron chi connectivity index (χ1n) is 3.61. The second kappa shape index (κ2) is 5.34. The van der Waals surface area contributed by atoms with Gasteiger partial charge in [-0.2, -0.15) is 13.2 Å². The summed E-state index contributed by atoms with van der Waals surface area (Å²) in [5.74, 6) is -0.804. The van der Waals surface area contributed by atoms with Gasteiger partial charge in [-0.1, -0.05) is 11.1 Å². The van der Waals surface area contributed by atoms with Gasteiger partial charge in [0.25, 0.3) is 0 Å². The number of nitrogens with one attached hydrogen (secondary N) is 1. The first-order chi connectivity index (χ1) is 6.43. The van der Waals surface area contributed by atoms with Gasteiger partial charge in [0.1, 0.15) is 5.92 Å². The summed E-state index contributed by atoms with van der Waals surface area (Å²) in [5.41, 5.74) is 4.87. The molecule has 1 atom stereocenters. The lowest BCUT2D eigenvalue weighted by Gasteiger charge is -2.18. The Labute approximate surface area is 79.0 Å². The molecule has 0 amide bonds. The van der Waals surface area contributed by atoms with Crippen molar-refractivity contribution in [2.75, 3.05) is 13.1 Å². The van der Waals surface area contributed by atoms with Crippen LogP contribution < -0.4 is 11.1 Å². The van der Waals surface area contributed by atoms with E-state index in [4.69, 9.17) is 17.4 Å². The van der Waals surface area contributed by atoms with E-state index >= 15 is 0 Å². The Kier molecular flexibility index (Phi) is 4.80. The summed E-state index contributed by atoms with van der Waals surface area (Å²) < 4.78 is 36.7. The van der Waals surface area contributed by atoms with Gasteiger partial charge in [0.2, 0.25) is 0 Å². The van der Waals surface area contributed by atoms with Crippen LogP contribution in [0.2, 0.25) is 0 Å². The van der Waals surface area contributed by atoms with E-state index in [-0.39, 0.29) is 6.54 Å². The van der Waals surface area contributed by atoms with Crippen LogP contribution in [0.15, 0.2) is 5.16 Å². The molecule has 0 radical (unpaired) electrons. The van der Waals surface area contributed by atoms with E-state index in [0.717, 1.165) is 0 Å². The fraction of sp³-hybridized carbons (Fsp3) is 0.571. The van der Waals surface area contributed by atoms with Crippen LogP contribution in [0.5, 0.6) is 0 Å². The minimum absolute atomic E-state index is 0.00864. The SMILES string of the molecule is C#CCNCC(C(N)=NO)C(F)(F)F. The number of hydrogen-bond donors (Lipinski definition) is 3. The van der Waals surface area contributed by atoms with Crippen molar-refractivity contribution in [2.24, 2.45) is 16.8 Å². The molecule has 14 heavy (non-hydrogen) atoms. The van der Waals surface area contributed by atoms with Crippen LogP contribution >= 0.6 is 0 Å². The quantitative estimate of drug-likeness (QED) is 0.154. The third kappa shape index (κ3) is 4.00. The molecule has 0 aliphatic rings. The van der Waals surface area contributed by atoms with Crippen LogP contribution in [0.4, 0.5) is 13.2 Å². The molecule has 0 saturated heterocycles. The molecule has 0 bridgehead atoms. The van der Waals surface area contributed by atoms with Crippen molar-refractivity contribution in [3.63, 3.8) is 0 Å². The summed E-state index contributed by atoms with van der Waals surface area (Å²) in [5, 5.41) is 12.8. The summed E-state index contributed by atoms with van der Waals surface area (Å²) in [6, 6.07) is 0. The lowest BCUT2D eigenvalue weighted by atomic mass is 10.1. The Bertz CT molecular complexity index is 244. The molecule has 0 aromatic rings. The first-order valence-corrected chi connectivity index (χ1v) is 3.61. The Balaban J connectivity index is 4.37. The maximum absolute atomic E-state index is 12.2. The summed E-state index contributed by atoms with van der Waals surface area (Å²) in [6.45, 7) is -0.519.